The highest BCUT2D eigenvalue weighted by molar-refractivity contribution is 6.13. The molecule has 0 saturated heterocycles. The average Bonchev–Trinajstić information content (AvgIpc) is 3.04. The molecule has 3 aliphatic carbocycles. The number of rotatable bonds is 4. The number of hydrogen-bond acceptors (Lipinski definition) is 1. The van der Waals surface area contributed by atoms with E-state index in [2.05, 4.69) is 289 Å². The third kappa shape index (κ3) is 5.18. The van der Waals surface area contributed by atoms with Crippen LogP contribution in [0.2, 0.25) is 0 Å². The topological polar surface area (TPSA) is 8.17 Å². The van der Waals surface area contributed by atoms with Crippen molar-refractivity contribution in [1.29, 1.82) is 0 Å². The van der Waals surface area contributed by atoms with Gasteiger partial charge in [0.05, 0.1) is 38.9 Å². The van der Waals surface area contributed by atoms with E-state index in [9.17, 15) is 0 Å². The van der Waals surface area contributed by atoms with Gasteiger partial charge < -0.3 is 9.47 Å². The maximum atomic E-state index is 2.54. The van der Waals surface area contributed by atoms with Gasteiger partial charge in [-0.1, -0.05) is 231 Å². The van der Waals surface area contributed by atoms with Crippen molar-refractivity contribution >= 4 is 60.4 Å². The van der Waals surface area contributed by atoms with E-state index in [-0.39, 0.29) is 0 Å². The molecule has 2 heterocycles. The standard InChI is InChI=1S/C76H46N2/c1-2-20-53-47(18-1)19-15-36-69(53)77(72-37-17-32-66-73(72)60-25-6-11-30-64(60)75(66)61-27-8-3-21-54(61)55-22-4-9-28-62(55)75)52-42-40-49-44-48(38-39-50(49)45-52)51-41-43-57-56-23-5-10-29-63(56)76(68(57)46-51)65-31-12-14-35-71(65)78-70-34-13-7-24-58(70)59-26-16-33-67(76)74(59)78/h1-46H. The number of hydrogen-bond donors (Lipinski definition) is 0. The van der Waals surface area contributed by atoms with Crippen molar-refractivity contribution in [3.05, 3.63) is 324 Å². The molecule has 4 aliphatic rings. The molecule has 2 spiro atoms. The number of benzene rings is 13. The fourth-order valence-corrected chi connectivity index (χ4v) is 15.4. The molecule has 1 atom stereocenters. The molecule has 0 amide bonds. The monoisotopic (exact) mass is 986 g/mol. The Balaban J connectivity index is 0.823. The van der Waals surface area contributed by atoms with Gasteiger partial charge in [-0.25, -0.2) is 0 Å². The Hall–Kier alpha value is -10.0. The van der Waals surface area contributed by atoms with Crippen LogP contribution in [-0.4, -0.2) is 4.57 Å². The summed E-state index contributed by atoms with van der Waals surface area (Å²) >= 11 is 0. The van der Waals surface area contributed by atoms with Crippen LogP contribution in [-0.2, 0) is 10.8 Å². The molecule has 0 saturated carbocycles. The van der Waals surface area contributed by atoms with Gasteiger partial charge in [-0.2, -0.15) is 0 Å². The van der Waals surface area contributed by atoms with Gasteiger partial charge in [0.25, 0.3) is 0 Å². The summed E-state index contributed by atoms with van der Waals surface area (Å²) in [6.07, 6.45) is 0. The molecule has 2 nitrogen and oxygen atoms in total. The molecule has 0 bridgehead atoms. The van der Waals surface area contributed by atoms with E-state index in [1.807, 2.05) is 0 Å². The van der Waals surface area contributed by atoms with Gasteiger partial charge >= 0.3 is 0 Å². The van der Waals surface area contributed by atoms with Crippen molar-refractivity contribution in [2.45, 2.75) is 10.8 Å². The SMILES string of the molecule is c1ccc2c(c1)-c1ccccc1C21c2ccccc2-c2c(N(c3ccc4cc(-c5ccc6c(c5)C5(c7ccccc7-6)c6ccccc6-n6c7ccccc7c7cccc5c76)ccc4c3)c3cccc4ccccc34)cccc21. The number of anilines is 3. The molecule has 1 aliphatic heterocycles. The molecular weight excluding hydrogens is 941 g/mol. The zero-order valence-electron chi connectivity index (χ0n) is 42.5. The van der Waals surface area contributed by atoms with Gasteiger partial charge in [-0.15, -0.1) is 0 Å². The van der Waals surface area contributed by atoms with Crippen LogP contribution in [0.1, 0.15) is 44.5 Å². The molecule has 1 unspecified atom stereocenters. The number of nitrogens with zero attached hydrogens (tertiary/aromatic N) is 2. The predicted molar refractivity (Wildman–Crippen MR) is 323 cm³/mol. The molecule has 13 aromatic carbocycles. The number of para-hydroxylation sites is 3. The highest BCUT2D eigenvalue weighted by Gasteiger charge is 2.53. The van der Waals surface area contributed by atoms with Crippen molar-refractivity contribution in [3.8, 4) is 50.2 Å². The van der Waals surface area contributed by atoms with Crippen LogP contribution >= 0.6 is 0 Å². The lowest BCUT2D eigenvalue weighted by molar-refractivity contribution is 0.749. The van der Waals surface area contributed by atoms with Crippen LogP contribution in [0.5, 0.6) is 0 Å². The van der Waals surface area contributed by atoms with Gasteiger partial charge in [0, 0.05) is 27.4 Å². The summed E-state index contributed by atoms with van der Waals surface area (Å²) in [6.45, 7) is 0. The van der Waals surface area contributed by atoms with Crippen LogP contribution in [0.15, 0.2) is 279 Å². The third-order valence-electron chi connectivity index (χ3n) is 18.4. The molecule has 0 N–H and O–H groups in total. The van der Waals surface area contributed by atoms with Crippen molar-refractivity contribution in [3.63, 3.8) is 0 Å². The largest absolute Gasteiger partial charge is 0.309 e. The first-order valence-electron chi connectivity index (χ1n) is 27.3. The van der Waals surface area contributed by atoms with Crippen LogP contribution in [0.3, 0.4) is 0 Å². The number of fused-ring (bicyclic) bond motifs is 24. The minimum atomic E-state index is -0.512. The summed E-state index contributed by atoms with van der Waals surface area (Å²) in [5, 5.41) is 7.39. The van der Waals surface area contributed by atoms with Crippen LogP contribution in [0.4, 0.5) is 17.1 Å². The Morgan fingerprint density at radius 2 is 0.782 bits per heavy atom. The Labute approximate surface area is 452 Å². The quantitative estimate of drug-likeness (QED) is 0.171. The first-order chi connectivity index (χ1) is 38.7. The van der Waals surface area contributed by atoms with Crippen LogP contribution < -0.4 is 4.90 Å². The molecule has 18 rings (SSSR count). The van der Waals surface area contributed by atoms with Gasteiger partial charge in [0.2, 0.25) is 0 Å². The first-order valence-corrected chi connectivity index (χ1v) is 27.3. The van der Waals surface area contributed by atoms with E-state index in [1.165, 1.54) is 144 Å². The predicted octanol–water partition coefficient (Wildman–Crippen LogP) is 19.2. The van der Waals surface area contributed by atoms with E-state index in [4.69, 9.17) is 0 Å². The minimum Gasteiger partial charge on any atom is -0.309 e. The highest BCUT2D eigenvalue weighted by Crippen LogP contribution is 2.66. The van der Waals surface area contributed by atoms with Gasteiger partial charge in [-0.3, -0.25) is 0 Å². The second-order valence-corrected chi connectivity index (χ2v) is 21.8. The second-order valence-electron chi connectivity index (χ2n) is 21.8. The lowest BCUT2D eigenvalue weighted by atomic mass is 9.65. The molecule has 1 aromatic heterocycles. The third-order valence-corrected chi connectivity index (χ3v) is 18.4. The van der Waals surface area contributed by atoms with Crippen LogP contribution in [0.25, 0.3) is 93.5 Å². The normalized spacial score (nSPS) is 15.3. The molecule has 2 heteroatoms. The Bertz CT molecular complexity index is 4900. The molecular formula is C76H46N2. The van der Waals surface area contributed by atoms with Crippen LogP contribution in [0, 0.1) is 0 Å². The fraction of sp³-hybridized carbons (Fsp3) is 0.0263. The van der Waals surface area contributed by atoms with E-state index in [0.29, 0.717) is 0 Å². The summed E-state index contributed by atoms with van der Waals surface area (Å²) < 4.78 is 2.53. The minimum absolute atomic E-state index is 0.451. The molecule has 360 valence electrons. The molecule has 78 heavy (non-hydrogen) atoms. The number of aromatic nitrogens is 1. The summed E-state index contributed by atoms with van der Waals surface area (Å²) in [4.78, 5) is 2.54. The smallest absolute Gasteiger partial charge is 0.0754 e. The van der Waals surface area contributed by atoms with Gasteiger partial charge in [-0.05, 0) is 148 Å². The Morgan fingerprint density at radius 1 is 0.282 bits per heavy atom. The van der Waals surface area contributed by atoms with E-state index in [0.717, 1.165) is 11.4 Å². The fourth-order valence-electron chi connectivity index (χ4n) is 15.4. The van der Waals surface area contributed by atoms with E-state index >= 15 is 0 Å². The first kappa shape index (κ1) is 42.2. The lowest BCUT2D eigenvalue weighted by Gasteiger charge is -2.39. The van der Waals surface area contributed by atoms with Crippen molar-refractivity contribution < 1.29 is 0 Å². The van der Waals surface area contributed by atoms with Gasteiger partial charge in [0.1, 0.15) is 0 Å². The molecule has 0 fully saturated rings. The van der Waals surface area contributed by atoms with E-state index in [1.54, 1.807) is 0 Å². The highest BCUT2D eigenvalue weighted by atomic mass is 15.1. The van der Waals surface area contributed by atoms with E-state index < -0.39 is 10.8 Å². The maximum absolute atomic E-state index is 2.54. The Morgan fingerprint density at radius 3 is 1.56 bits per heavy atom. The average molecular weight is 987 g/mol. The Kier molecular flexibility index (Phi) is 8.29. The van der Waals surface area contributed by atoms with Gasteiger partial charge in [0.15, 0.2) is 0 Å². The zero-order chi connectivity index (χ0) is 50.8. The summed E-state index contributed by atoms with van der Waals surface area (Å²) in [6, 6.07) is 106. The zero-order valence-corrected chi connectivity index (χ0v) is 42.5. The maximum Gasteiger partial charge on any atom is 0.0754 e. The summed E-state index contributed by atoms with van der Waals surface area (Å²) in [5.74, 6) is 0. The molecule has 0 radical (unpaired) electrons. The lowest BCUT2D eigenvalue weighted by Crippen LogP contribution is -2.33. The van der Waals surface area contributed by atoms with Crippen molar-refractivity contribution in [2.75, 3.05) is 4.90 Å². The summed E-state index contributed by atoms with van der Waals surface area (Å²) in [5.41, 5.74) is 27.1. The summed E-state index contributed by atoms with van der Waals surface area (Å²) in [7, 11) is 0. The van der Waals surface area contributed by atoms with Crippen molar-refractivity contribution in [2.24, 2.45) is 0 Å². The second kappa shape index (κ2) is 15.3. The van der Waals surface area contributed by atoms with Crippen molar-refractivity contribution in [1.82, 2.24) is 4.57 Å². The molecule has 14 aromatic rings.